The summed E-state index contributed by atoms with van der Waals surface area (Å²) in [6, 6.07) is 26.2. The van der Waals surface area contributed by atoms with Crippen molar-refractivity contribution in [3.8, 4) is 11.1 Å². The van der Waals surface area contributed by atoms with Gasteiger partial charge in [0.1, 0.15) is 0 Å². The van der Waals surface area contributed by atoms with Crippen LogP contribution in [-0.4, -0.2) is 29.6 Å². The Balaban J connectivity index is 1.26. The maximum atomic E-state index is 12.9. The minimum absolute atomic E-state index is 0.148. The summed E-state index contributed by atoms with van der Waals surface area (Å²) in [7, 11) is 1.87. The number of carbonyl (C=O) groups is 3. The summed E-state index contributed by atoms with van der Waals surface area (Å²) in [6.07, 6.45) is 4.48. The molecule has 0 aliphatic carbocycles. The van der Waals surface area contributed by atoms with Crippen molar-refractivity contribution in [1.82, 2.24) is 4.90 Å². The molecule has 0 unspecified atom stereocenters. The number of para-hydroxylation sites is 1. The highest BCUT2D eigenvalue weighted by molar-refractivity contribution is 7.10. The van der Waals surface area contributed by atoms with Crippen molar-refractivity contribution in [3.63, 3.8) is 0 Å². The van der Waals surface area contributed by atoms with Crippen molar-refractivity contribution in [1.29, 1.82) is 0 Å². The maximum absolute atomic E-state index is 12.9. The normalized spacial score (nSPS) is 10.7. The van der Waals surface area contributed by atoms with Crippen molar-refractivity contribution in [2.45, 2.75) is 52.0 Å². The number of rotatable bonds is 14. The lowest BCUT2D eigenvalue weighted by atomic mass is 10.0. The summed E-state index contributed by atoms with van der Waals surface area (Å²) < 4.78 is 0. The summed E-state index contributed by atoms with van der Waals surface area (Å²) in [4.78, 5) is 45.9. The molecule has 0 saturated heterocycles. The van der Waals surface area contributed by atoms with Crippen LogP contribution in [0.25, 0.3) is 11.1 Å². The maximum Gasteiger partial charge on any atom is 0.332 e. The lowest BCUT2D eigenvalue weighted by Gasteiger charge is -2.16. The van der Waals surface area contributed by atoms with Crippen LogP contribution in [0.2, 0.25) is 0 Å². The lowest BCUT2D eigenvalue weighted by Crippen LogP contribution is -2.25. The van der Waals surface area contributed by atoms with E-state index in [-0.39, 0.29) is 18.1 Å². The van der Waals surface area contributed by atoms with Gasteiger partial charge in [-0.25, -0.2) is 10.3 Å². The van der Waals surface area contributed by atoms with Gasteiger partial charge in [0.25, 0.3) is 0 Å². The van der Waals surface area contributed by atoms with E-state index in [4.69, 9.17) is 4.84 Å². The first-order chi connectivity index (χ1) is 19.9. The Morgan fingerprint density at radius 1 is 0.854 bits per heavy atom. The van der Waals surface area contributed by atoms with Crippen LogP contribution in [0.5, 0.6) is 0 Å². The Bertz CT molecular complexity index is 1450. The second-order valence-electron chi connectivity index (χ2n) is 10.0. The van der Waals surface area contributed by atoms with Crippen molar-refractivity contribution in [3.05, 3.63) is 112 Å². The summed E-state index contributed by atoms with van der Waals surface area (Å²) in [6.45, 7) is 2.76. The van der Waals surface area contributed by atoms with Gasteiger partial charge in [-0.15, -0.1) is 11.3 Å². The molecule has 1 aromatic heterocycles. The number of hydrogen-bond acceptors (Lipinski definition) is 6. The van der Waals surface area contributed by atoms with Crippen molar-refractivity contribution in [2.24, 2.45) is 0 Å². The van der Waals surface area contributed by atoms with Crippen LogP contribution < -0.4 is 5.48 Å². The van der Waals surface area contributed by atoms with Crippen molar-refractivity contribution < 1.29 is 19.2 Å². The third-order valence-electron chi connectivity index (χ3n) is 6.85. The first-order valence-corrected chi connectivity index (χ1v) is 14.9. The van der Waals surface area contributed by atoms with Crippen LogP contribution in [0, 0.1) is 0 Å². The number of carbonyl (C=O) groups excluding carboxylic acids is 3. The number of nitrogens with one attached hydrogen (secondary N) is 1. The molecule has 0 saturated carbocycles. The quantitative estimate of drug-likeness (QED) is 0.0959. The molecular weight excluding hydrogens is 532 g/mol. The zero-order chi connectivity index (χ0) is 29.0. The molecular formula is C34H36N2O4S. The van der Waals surface area contributed by atoms with E-state index in [1.165, 1.54) is 0 Å². The third kappa shape index (κ3) is 8.63. The number of nitrogens with zero attached hydrogens (tertiary/aromatic N) is 1. The van der Waals surface area contributed by atoms with E-state index >= 15 is 0 Å². The lowest BCUT2D eigenvalue weighted by molar-refractivity contribution is -0.140. The van der Waals surface area contributed by atoms with Gasteiger partial charge in [-0.1, -0.05) is 86.5 Å². The number of hydrogen-bond donors (Lipinski definition) is 1. The summed E-state index contributed by atoms with van der Waals surface area (Å²) in [5, 5.41) is 2.11. The first-order valence-electron chi connectivity index (χ1n) is 14.0. The van der Waals surface area contributed by atoms with Gasteiger partial charge in [-0.2, -0.15) is 0 Å². The van der Waals surface area contributed by atoms with Gasteiger partial charge in [0.2, 0.25) is 5.91 Å². The van der Waals surface area contributed by atoms with Crippen LogP contribution in [0.3, 0.4) is 0 Å². The van der Waals surface area contributed by atoms with Gasteiger partial charge in [0, 0.05) is 29.5 Å². The van der Waals surface area contributed by atoms with Gasteiger partial charge in [0.05, 0.1) is 18.7 Å². The van der Waals surface area contributed by atoms with E-state index < -0.39 is 5.97 Å². The summed E-state index contributed by atoms with van der Waals surface area (Å²) >= 11 is 1.66. The highest BCUT2D eigenvalue weighted by atomic mass is 32.1. The van der Waals surface area contributed by atoms with E-state index in [9.17, 15) is 14.4 Å². The highest BCUT2D eigenvalue weighted by Gasteiger charge is 2.15. The summed E-state index contributed by atoms with van der Waals surface area (Å²) in [5.41, 5.74) is 7.36. The predicted octanol–water partition coefficient (Wildman–Crippen LogP) is 7.69. The fraction of sp³-hybridized carbons (Fsp3) is 0.265. The van der Waals surface area contributed by atoms with E-state index in [2.05, 4.69) is 36.0 Å². The highest BCUT2D eigenvalue weighted by Crippen LogP contribution is 2.27. The number of benzene rings is 3. The molecule has 4 rings (SSSR count). The number of ketones is 1. The molecule has 0 radical (unpaired) electrons. The molecule has 0 aliphatic heterocycles. The number of unbranched alkanes of at least 4 members (excludes halogenated alkanes) is 2. The van der Waals surface area contributed by atoms with Gasteiger partial charge in [-0.3, -0.25) is 9.59 Å². The Morgan fingerprint density at radius 2 is 1.59 bits per heavy atom. The molecule has 0 spiro atoms. The number of thiophene rings is 1. The average molecular weight is 569 g/mol. The van der Waals surface area contributed by atoms with Gasteiger partial charge < -0.3 is 9.74 Å². The third-order valence-corrected chi connectivity index (χ3v) is 7.78. The number of amides is 1. The number of anilines is 1. The Morgan fingerprint density at radius 3 is 2.34 bits per heavy atom. The first kappa shape index (κ1) is 29.7. The van der Waals surface area contributed by atoms with E-state index in [1.807, 2.05) is 42.3 Å². The molecule has 6 nitrogen and oxygen atoms in total. The number of aryl methyl sites for hydroxylation is 1. The molecule has 0 fully saturated rings. The SMILES string of the molecule is CCCCCC(=O)N(C)Cc1cc(-c2ccc(CCC(=O)ONc3ccccc3C(=O)c3ccccc3)cc2)cs1. The Labute approximate surface area is 245 Å². The fourth-order valence-corrected chi connectivity index (χ4v) is 5.39. The van der Waals surface area contributed by atoms with E-state index in [0.717, 1.165) is 40.8 Å². The van der Waals surface area contributed by atoms with E-state index in [0.29, 0.717) is 36.2 Å². The van der Waals surface area contributed by atoms with Gasteiger partial charge >= 0.3 is 5.97 Å². The summed E-state index contributed by atoms with van der Waals surface area (Å²) in [5.74, 6) is -0.367. The molecule has 0 bridgehead atoms. The van der Waals surface area contributed by atoms with E-state index in [1.54, 1.807) is 47.7 Å². The second kappa shape index (κ2) is 15.0. The van der Waals surface area contributed by atoms with Crippen LogP contribution >= 0.6 is 11.3 Å². The molecule has 41 heavy (non-hydrogen) atoms. The van der Waals surface area contributed by atoms with Crippen molar-refractivity contribution in [2.75, 3.05) is 12.5 Å². The molecule has 1 heterocycles. The molecule has 0 atom stereocenters. The van der Waals surface area contributed by atoms with Crippen LogP contribution in [-0.2, 0) is 27.4 Å². The largest absolute Gasteiger partial charge is 0.343 e. The molecule has 4 aromatic rings. The van der Waals surface area contributed by atoms with Gasteiger partial charge in [0.15, 0.2) is 5.78 Å². The second-order valence-corrected chi connectivity index (χ2v) is 11.0. The van der Waals surface area contributed by atoms with Crippen LogP contribution in [0.4, 0.5) is 5.69 Å². The standard InChI is InChI=1S/C34H36N2O4S/c1-3-4-6-15-32(37)36(2)23-29-22-28(24-41-29)26-19-16-25(17-20-26)18-21-33(38)40-35-31-14-10-9-13-30(31)34(39)27-11-7-5-8-12-27/h5,7-14,16-17,19-20,22,24,35H,3-4,6,15,18,21,23H2,1-2H3. The average Bonchev–Trinajstić information content (AvgIpc) is 3.48. The Hall–Kier alpha value is -4.23. The minimum atomic E-state index is -0.410. The molecule has 0 aliphatic rings. The predicted molar refractivity (Wildman–Crippen MR) is 165 cm³/mol. The van der Waals surface area contributed by atoms with Gasteiger partial charge in [-0.05, 0) is 53.1 Å². The van der Waals surface area contributed by atoms with Crippen LogP contribution in [0.1, 0.15) is 65.4 Å². The molecule has 1 N–H and O–H groups in total. The molecule has 3 aromatic carbocycles. The van der Waals surface area contributed by atoms with Crippen molar-refractivity contribution >= 4 is 34.7 Å². The molecule has 212 valence electrons. The monoisotopic (exact) mass is 568 g/mol. The molecule has 7 heteroatoms. The zero-order valence-corrected chi connectivity index (χ0v) is 24.4. The zero-order valence-electron chi connectivity index (χ0n) is 23.6. The smallest absolute Gasteiger partial charge is 0.332 e. The minimum Gasteiger partial charge on any atom is -0.343 e. The molecule has 1 amide bonds. The van der Waals surface area contributed by atoms with Crippen LogP contribution in [0.15, 0.2) is 90.3 Å². The Kier molecular flexibility index (Phi) is 10.9. The fourth-order valence-electron chi connectivity index (χ4n) is 4.44. The topological polar surface area (TPSA) is 75.7 Å².